The Morgan fingerprint density at radius 3 is 2.04 bits per heavy atom. The summed E-state index contributed by atoms with van der Waals surface area (Å²) in [7, 11) is 0. The second-order valence-electron chi connectivity index (χ2n) is 6.16. The van der Waals surface area contributed by atoms with Crippen LogP contribution in [0.5, 0.6) is 0 Å². The number of hydrogen-bond acceptors (Lipinski definition) is 4. The fourth-order valence-corrected chi connectivity index (χ4v) is 3.52. The van der Waals surface area contributed by atoms with Gasteiger partial charge in [-0.25, -0.2) is 15.4 Å². The molecule has 1 heterocycles. The average Bonchev–Trinajstić information content (AvgIpc) is 3.44. The molecular formula is C20H17N3O2. The van der Waals surface area contributed by atoms with Gasteiger partial charge in [-0.1, -0.05) is 54.6 Å². The van der Waals surface area contributed by atoms with Crippen LogP contribution in [0.1, 0.15) is 23.0 Å². The molecule has 2 unspecified atom stereocenters. The molecule has 4 rings (SSSR count). The smallest absolute Gasteiger partial charge is 0.247 e. The van der Waals surface area contributed by atoms with Gasteiger partial charge in [-0.15, -0.1) is 0 Å². The van der Waals surface area contributed by atoms with E-state index in [1.54, 1.807) is 23.9 Å². The standard InChI is InChI=1S/C20H17N3O2/c24-20(23-25)18-16(13-5-2-1-3-6-13)17(18)14-7-9-15(10-8-14)19-21-11-4-12-22-19/h1-12,16-18,25H,(H,23,24)/t16?,17-,18?/m1/s1. The minimum atomic E-state index is -0.339. The molecule has 1 fully saturated rings. The first-order valence-corrected chi connectivity index (χ1v) is 8.16. The second kappa shape index (κ2) is 6.45. The number of carbonyl (C=O) groups excluding carboxylic acids is 1. The molecule has 25 heavy (non-hydrogen) atoms. The maximum absolute atomic E-state index is 12.0. The SMILES string of the molecule is O=C(NO)C1C(c2ccccc2)[C@H]1c1ccc(-c2ncccn2)cc1. The summed E-state index contributed by atoms with van der Waals surface area (Å²) >= 11 is 0. The van der Waals surface area contributed by atoms with Gasteiger partial charge in [-0.3, -0.25) is 10.0 Å². The third kappa shape index (κ3) is 2.90. The van der Waals surface area contributed by atoms with E-state index in [0.717, 1.165) is 16.7 Å². The van der Waals surface area contributed by atoms with Crippen molar-refractivity contribution in [3.63, 3.8) is 0 Å². The van der Waals surface area contributed by atoms with Gasteiger partial charge in [0.1, 0.15) is 0 Å². The van der Waals surface area contributed by atoms with E-state index in [-0.39, 0.29) is 23.7 Å². The predicted octanol–water partition coefficient (Wildman–Crippen LogP) is 3.15. The first-order valence-electron chi connectivity index (χ1n) is 8.16. The Balaban J connectivity index is 1.63. The average molecular weight is 331 g/mol. The summed E-state index contributed by atoms with van der Waals surface area (Å²) in [5, 5.41) is 9.05. The Hall–Kier alpha value is -3.05. The van der Waals surface area contributed by atoms with Gasteiger partial charge in [0.25, 0.3) is 0 Å². The molecule has 1 aromatic heterocycles. The molecule has 1 aliphatic rings. The number of aromatic nitrogens is 2. The van der Waals surface area contributed by atoms with E-state index in [2.05, 4.69) is 9.97 Å². The van der Waals surface area contributed by atoms with Crippen LogP contribution in [-0.2, 0) is 4.79 Å². The van der Waals surface area contributed by atoms with E-state index in [4.69, 9.17) is 5.21 Å². The van der Waals surface area contributed by atoms with E-state index in [9.17, 15) is 4.79 Å². The molecule has 1 amide bonds. The number of hydrogen-bond donors (Lipinski definition) is 2. The van der Waals surface area contributed by atoms with Crippen LogP contribution in [0.2, 0.25) is 0 Å². The summed E-state index contributed by atoms with van der Waals surface area (Å²) in [4.78, 5) is 20.5. The van der Waals surface area contributed by atoms with Crippen molar-refractivity contribution < 1.29 is 10.0 Å². The third-order valence-corrected chi connectivity index (χ3v) is 4.74. The zero-order chi connectivity index (χ0) is 17.2. The molecule has 0 aliphatic heterocycles. The zero-order valence-electron chi connectivity index (χ0n) is 13.4. The topological polar surface area (TPSA) is 75.1 Å². The minimum Gasteiger partial charge on any atom is -0.289 e. The van der Waals surface area contributed by atoms with Gasteiger partial charge in [0.15, 0.2) is 5.82 Å². The van der Waals surface area contributed by atoms with Crippen LogP contribution in [0.3, 0.4) is 0 Å². The van der Waals surface area contributed by atoms with Gasteiger partial charge in [0.2, 0.25) is 5.91 Å². The van der Waals surface area contributed by atoms with E-state index in [1.807, 2.05) is 54.6 Å². The fourth-order valence-electron chi connectivity index (χ4n) is 3.52. The van der Waals surface area contributed by atoms with Crippen LogP contribution in [0, 0.1) is 5.92 Å². The highest BCUT2D eigenvalue weighted by atomic mass is 16.5. The molecule has 2 N–H and O–H groups in total. The summed E-state index contributed by atoms with van der Waals surface area (Å²) in [6.07, 6.45) is 3.42. The van der Waals surface area contributed by atoms with Crippen molar-refractivity contribution in [3.05, 3.63) is 84.2 Å². The first-order chi connectivity index (χ1) is 12.3. The van der Waals surface area contributed by atoms with Crippen LogP contribution in [0.15, 0.2) is 73.1 Å². The molecule has 2 aromatic carbocycles. The van der Waals surface area contributed by atoms with E-state index < -0.39 is 0 Å². The normalized spacial score (nSPS) is 21.6. The Labute approximate surface area is 145 Å². The predicted molar refractivity (Wildman–Crippen MR) is 92.8 cm³/mol. The first kappa shape index (κ1) is 15.5. The van der Waals surface area contributed by atoms with Crippen molar-refractivity contribution >= 4 is 5.91 Å². The molecule has 5 nitrogen and oxygen atoms in total. The van der Waals surface area contributed by atoms with Gasteiger partial charge in [-0.2, -0.15) is 0 Å². The Morgan fingerprint density at radius 1 is 0.840 bits per heavy atom. The molecule has 3 atom stereocenters. The van der Waals surface area contributed by atoms with Gasteiger partial charge in [0, 0.05) is 29.8 Å². The highest BCUT2D eigenvalue weighted by molar-refractivity contribution is 5.84. The summed E-state index contributed by atoms with van der Waals surface area (Å²) in [6.45, 7) is 0. The van der Waals surface area contributed by atoms with Crippen molar-refractivity contribution in [1.29, 1.82) is 0 Å². The molecule has 124 valence electrons. The largest absolute Gasteiger partial charge is 0.289 e. The Bertz CT molecular complexity index is 866. The Morgan fingerprint density at radius 2 is 1.44 bits per heavy atom. The molecule has 0 bridgehead atoms. The van der Waals surface area contributed by atoms with Gasteiger partial charge in [0.05, 0.1) is 5.92 Å². The summed E-state index contributed by atoms with van der Waals surface area (Å²) in [5.74, 6) is 0.210. The second-order valence-corrected chi connectivity index (χ2v) is 6.16. The molecule has 3 aromatic rings. The molecule has 0 spiro atoms. The zero-order valence-corrected chi connectivity index (χ0v) is 13.4. The third-order valence-electron chi connectivity index (χ3n) is 4.74. The minimum absolute atomic E-state index is 0.0558. The van der Waals surface area contributed by atoms with Crippen LogP contribution in [-0.4, -0.2) is 21.1 Å². The van der Waals surface area contributed by atoms with Crippen molar-refractivity contribution in [2.45, 2.75) is 11.8 Å². The van der Waals surface area contributed by atoms with Gasteiger partial charge < -0.3 is 0 Å². The number of benzene rings is 2. The lowest BCUT2D eigenvalue weighted by Crippen LogP contribution is -2.21. The highest BCUT2D eigenvalue weighted by Gasteiger charge is 2.56. The highest BCUT2D eigenvalue weighted by Crippen LogP contribution is 2.60. The van der Waals surface area contributed by atoms with Crippen molar-refractivity contribution in [1.82, 2.24) is 15.4 Å². The number of rotatable bonds is 4. The van der Waals surface area contributed by atoms with Crippen molar-refractivity contribution in [2.75, 3.05) is 0 Å². The van der Waals surface area contributed by atoms with E-state index in [0.29, 0.717) is 5.82 Å². The molecule has 0 saturated heterocycles. The molecule has 1 aliphatic carbocycles. The molecule has 5 heteroatoms. The summed E-state index contributed by atoms with van der Waals surface area (Å²) in [5.41, 5.74) is 4.92. The molecule has 1 saturated carbocycles. The maximum atomic E-state index is 12.0. The lowest BCUT2D eigenvalue weighted by Gasteiger charge is -2.03. The lowest BCUT2D eigenvalue weighted by molar-refractivity contribution is -0.130. The quantitative estimate of drug-likeness (QED) is 0.569. The fraction of sp³-hybridized carbons (Fsp3) is 0.150. The van der Waals surface area contributed by atoms with Gasteiger partial charge >= 0.3 is 0 Å². The number of nitrogens with zero attached hydrogens (tertiary/aromatic N) is 2. The number of nitrogens with one attached hydrogen (secondary N) is 1. The van der Waals surface area contributed by atoms with Crippen LogP contribution >= 0.6 is 0 Å². The van der Waals surface area contributed by atoms with Crippen LogP contribution in [0.4, 0.5) is 0 Å². The van der Waals surface area contributed by atoms with Gasteiger partial charge in [-0.05, 0) is 17.2 Å². The van der Waals surface area contributed by atoms with Crippen molar-refractivity contribution in [3.8, 4) is 11.4 Å². The summed E-state index contributed by atoms with van der Waals surface area (Å²) in [6, 6.07) is 19.7. The van der Waals surface area contributed by atoms with Crippen LogP contribution in [0.25, 0.3) is 11.4 Å². The van der Waals surface area contributed by atoms with E-state index in [1.165, 1.54) is 0 Å². The maximum Gasteiger partial charge on any atom is 0.247 e. The van der Waals surface area contributed by atoms with E-state index >= 15 is 0 Å². The molecule has 0 radical (unpaired) electrons. The van der Waals surface area contributed by atoms with Crippen molar-refractivity contribution in [2.24, 2.45) is 5.92 Å². The monoisotopic (exact) mass is 331 g/mol. The number of hydroxylamine groups is 1. The Kier molecular flexibility index (Phi) is 3.99. The summed E-state index contributed by atoms with van der Waals surface area (Å²) < 4.78 is 0. The van der Waals surface area contributed by atoms with Crippen LogP contribution < -0.4 is 5.48 Å². The molecular weight excluding hydrogens is 314 g/mol. The number of amides is 1. The lowest BCUT2D eigenvalue weighted by atomic mass is 10.0. The number of carbonyl (C=O) groups is 1.